The molecule has 5 nitrogen and oxygen atoms in total. The number of anilines is 1. The molecule has 2 aromatic heterocycles. The average molecular weight is 296 g/mol. The Morgan fingerprint density at radius 1 is 1.53 bits per heavy atom. The summed E-state index contributed by atoms with van der Waals surface area (Å²) in [5, 5.41) is 11.1. The van der Waals surface area contributed by atoms with E-state index in [0.29, 0.717) is 12.0 Å². The van der Waals surface area contributed by atoms with E-state index in [1.165, 1.54) is 12.8 Å². The third kappa shape index (κ3) is 2.42. The fraction of sp³-hybridized carbons (Fsp3) is 0.455. The molecule has 1 saturated heterocycles. The lowest BCUT2D eigenvalue weighted by molar-refractivity contribution is 0.631. The quantitative estimate of drug-likeness (QED) is 0.904. The molecule has 0 radical (unpaired) electrons. The lowest BCUT2D eigenvalue weighted by Crippen LogP contribution is -2.29. The van der Waals surface area contributed by atoms with Crippen molar-refractivity contribution in [3.8, 4) is 0 Å². The number of nitrogens with one attached hydrogen (secondary N) is 2. The Bertz CT molecular complexity index is 518. The second-order valence-electron chi connectivity index (χ2n) is 4.26. The monoisotopic (exact) mass is 295 g/mol. The molecule has 0 saturated carbocycles. The number of pyridine rings is 1. The first-order valence-corrected chi connectivity index (χ1v) is 6.60. The van der Waals surface area contributed by atoms with Gasteiger partial charge in [-0.05, 0) is 47.4 Å². The van der Waals surface area contributed by atoms with Gasteiger partial charge in [-0.1, -0.05) is 0 Å². The standard InChI is InChI=1S/C11H14BrN5/c12-8-3-4-10-15-11(16-17(10)7-8)14-6-9-2-1-5-13-9/h3-4,7,9,13H,1-2,5-6H2,(H,14,16). The molecule has 3 rings (SSSR count). The van der Waals surface area contributed by atoms with Crippen LogP contribution in [0.3, 0.4) is 0 Å². The Hall–Kier alpha value is -1.14. The third-order valence-electron chi connectivity index (χ3n) is 2.96. The van der Waals surface area contributed by atoms with Gasteiger partial charge in [0, 0.05) is 23.3 Å². The molecule has 0 aromatic carbocycles. The highest BCUT2D eigenvalue weighted by atomic mass is 79.9. The van der Waals surface area contributed by atoms with Crippen molar-refractivity contribution in [1.29, 1.82) is 0 Å². The van der Waals surface area contributed by atoms with Gasteiger partial charge in [0.2, 0.25) is 5.95 Å². The molecule has 1 aliphatic heterocycles. The van der Waals surface area contributed by atoms with E-state index >= 15 is 0 Å². The van der Waals surface area contributed by atoms with E-state index in [-0.39, 0.29) is 0 Å². The first kappa shape index (κ1) is 11.0. The topological polar surface area (TPSA) is 54.2 Å². The average Bonchev–Trinajstić information content (AvgIpc) is 2.94. The van der Waals surface area contributed by atoms with Crippen molar-refractivity contribution in [1.82, 2.24) is 19.9 Å². The van der Waals surface area contributed by atoms with Gasteiger partial charge < -0.3 is 10.6 Å². The number of hydrogen-bond acceptors (Lipinski definition) is 4. The van der Waals surface area contributed by atoms with Crippen molar-refractivity contribution in [2.75, 3.05) is 18.4 Å². The Labute approximate surface area is 108 Å². The summed E-state index contributed by atoms with van der Waals surface area (Å²) in [6, 6.07) is 4.45. The molecule has 3 heterocycles. The van der Waals surface area contributed by atoms with E-state index < -0.39 is 0 Å². The maximum Gasteiger partial charge on any atom is 0.243 e. The molecule has 2 aromatic rings. The SMILES string of the molecule is Brc1ccc2nc(NCC3CCCN3)nn2c1. The highest BCUT2D eigenvalue weighted by Crippen LogP contribution is 2.12. The fourth-order valence-corrected chi connectivity index (χ4v) is 2.40. The Kier molecular flexibility index (Phi) is 2.98. The summed E-state index contributed by atoms with van der Waals surface area (Å²) < 4.78 is 2.77. The van der Waals surface area contributed by atoms with E-state index in [1.54, 1.807) is 4.52 Å². The number of rotatable bonds is 3. The molecule has 0 amide bonds. The third-order valence-corrected chi connectivity index (χ3v) is 3.43. The van der Waals surface area contributed by atoms with Crippen molar-refractivity contribution in [2.24, 2.45) is 0 Å². The van der Waals surface area contributed by atoms with Crippen LogP contribution in [0.25, 0.3) is 5.65 Å². The van der Waals surface area contributed by atoms with Crippen molar-refractivity contribution >= 4 is 27.5 Å². The molecule has 2 N–H and O–H groups in total. The van der Waals surface area contributed by atoms with Gasteiger partial charge in [-0.2, -0.15) is 4.98 Å². The van der Waals surface area contributed by atoms with Crippen molar-refractivity contribution in [3.63, 3.8) is 0 Å². The normalized spacial score (nSPS) is 19.9. The fourth-order valence-electron chi connectivity index (χ4n) is 2.08. The molecule has 0 spiro atoms. The van der Waals surface area contributed by atoms with E-state index in [4.69, 9.17) is 0 Å². The lowest BCUT2D eigenvalue weighted by Gasteiger charge is -2.09. The summed E-state index contributed by atoms with van der Waals surface area (Å²) in [5.41, 5.74) is 0.857. The summed E-state index contributed by atoms with van der Waals surface area (Å²) in [6.07, 6.45) is 4.39. The van der Waals surface area contributed by atoms with Gasteiger partial charge in [0.1, 0.15) is 0 Å². The van der Waals surface area contributed by atoms with Gasteiger partial charge in [-0.25, -0.2) is 4.52 Å². The molecule has 0 bridgehead atoms. The zero-order valence-corrected chi connectivity index (χ0v) is 10.9. The molecule has 1 unspecified atom stereocenters. The van der Waals surface area contributed by atoms with Crippen LogP contribution < -0.4 is 10.6 Å². The van der Waals surface area contributed by atoms with Crippen LogP contribution in [-0.4, -0.2) is 33.7 Å². The summed E-state index contributed by atoms with van der Waals surface area (Å²) in [5.74, 6) is 0.691. The lowest BCUT2D eigenvalue weighted by atomic mass is 10.2. The Morgan fingerprint density at radius 3 is 3.29 bits per heavy atom. The highest BCUT2D eigenvalue weighted by Gasteiger charge is 2.14. The van der Waals surface area contributed by atoms with Crippen LogP contribution in [0.4, 0.5) is 5.95 Å². The second kappa shape index (κ2) is 4.62. The summed E-state index contributed by atoms with van der Waals surface area (Å²) in [4.78, 5) is 4.41. The zero-order valence-electron chi connectivity index (χ0n) is 9.36. The number of aromatic nitrogens is 3. The molecule has 1 aliphatic rings. The smallest absolute Gasteiger partial charge is 0.243 e. The number of halogens is 1. The van der Waals surface area contributed by atoms with E-state index in [0.717, 1.165) is 23.2 Å². The van der Waals surface area contributed by atoms with Crippen LogP contribution in [0.5, 0.6) is 0 Å². The molecule has 0 aliphatic carbocycles. The second-order valence-corrected chi connectivity index (χ2v) is 5.18. The minimum Gasteiger partial charge on any atom is -0.351 e. The Balaban J connectivity index is 1.72. The minimum absolute atomic E-state index is 0.549. The van der Waals surface area contributed by atoms with E-state index in [1.807, 2.05) is 18.3 Å². The molecule has 1 fully saturated rings. The number of fused-ring (bicyclic) bond motifs is 1. The van der Waals surface area contributed by atoms with Crippen LogP contribution in [0.1, 0.15) is 12.8 Å². The van der Waals surface area contributed by atoms with Crippen molar-refractivity contribution < 1.29 is 0 Å². The van der Waals surface area contributed by atoms with Gasteiger partial charge in [0.15, 0.2) is 5.65 Å². The zero-order chi connectivity index (χ0) is 11.7. The molecule has 90 valence electrons. The first-order valence-electron chi connectivity index (χ1n) is 5.80. The summed E-state index contributed by atoms with van der Waals surface area (Å²) >= 11 is 3.42. The van der Waals surface area contributed by atoms with Crippen molar-refractivity contribution in [2.45, 2.75) is 18.9 Å². The predicted molar refractivity (Wildman–Crippen MR) is 70.2 cm³/mol. The van der Waals surface area contributed by atoms with Gasteiger partial charge in [-0.3, -0.25) is 0 Å². The minimum atomic E-state index is 0.549. The molecular formula is C11H14BrN5. The van der Waals surface area contributed by atoms with Crippen LogP contribution in [0, 0.1) is 0 Å². The predicted octanol–water partition coefficient (Wildman–Crippen LogP) is 1.66. The molecular weight excluding hydrogens is 282 g/mol. The van der Waals surface area contributed by atoms with E-state index in [2.05, 4.69) is 36.6 Å². The highest BCUT2D eigenvalue weighted by molar-refractivity contribution is 9.10. The van der Waals surface area contributed by atoms with Gasteiger partial charge in [0.05, 0.1) is 0 Å². The van der Waals surface area contributed by atoms with E-state index in [9.17, 15) is 0 Å². The van der Waals surface area contributed by atoms with Crippen molar-refractivity contribution in [3.05, 3.63) is 22.8 Å². The Morgan fingerprint density at radius 2 is 2.47 bits per heavy atom. The molecule has 6 heteroatoms. The van der Waals surface area contributed by atoms with Crippen LogP contribution in [-0.2, 0) is 0 Å². The van der Waals surface area contributed by atoms with Crippen LogP contribution >= 0.6 is 15.9 Å². The molecule has 1 atom stereocenters. The largest absolute Gasteiger partial charge is 0.351 e. The number of nitrogens with zero attached hydrogens (tertiary/aromatic N) is 3. The van der Waals surface area contributed by atoms with Gasteiger partial charge in [-0.15, -0.1) is 5.10 Å². The van der Waals surface area contributed by atoms with Gasteiger partial charge in [0.25, 0.3) is 0 Å². The maximum absolute atomic E-state index is 4.41. The summed E-state index contributed by atoms with van der Waals surface area (Å²) in [7, 11) is 0. The summed E-state index contributed by atoms with van der Waals surface area (Å²) in [6.45, 7) is 2.01. The molecule has 17 heavy (non-hydrogen) atoms. The van der Waals surface area contributed by atoms with Crippen LogP contribution in [0.15, 0.2) is 22.8 Å². The van der Waals surface area contributed by atoms with Crippen LogP contribution in [0.2, 0.25) is 0 Å². The van der Waals surface area contributed by atoms with Gasteiger partial charge >= 0.3 is 0 Å². The first-order chi connectivity index (χ1) is 8.31. The number of hydrogen-bond donors (Lipinski definition) is 2. The maximum atomic E-state index is 4.41.